The molecule has 2 aliphatic rings. The first-order valence-corrected chi connectivity index (χ1v) is 10.7. The van der Waals surface area contributed by atoms with Crippen LogP contribution in [0.4, 0.5) is 0 Å². The number of imidazole rings is 1. The van der Waals surface area contributed by atoms with E-state index >= 15 is 0 Å². The zero-order chi connectivity index (χ0) is 19.5. The number of hydrogen-bond acceptors (Lipinski definition) is 4. The molecule has 0 bridgehead atoms. The number of pyridine rings is 1. The van der Waals surface area contributed by atoms with Gasteiger partial charge in [0.25, 0.3) is 5.91 Å². The topological polar surface area (TPSA) is 50.1 Å². The summed E-state index contributed by atoms with van der Waals surface area (Å²) in [5.41, 5.74) is 3.71. The third kappa shape index (κ3) is 4.08. The number of aryl methyl sites for hydroxylation is 1. The predicted molar refractivity (Wildman–Crippen MR) is 110 cm³/mol. The van der Waals surface area contributed by atoms with Gasteiger partial charge < -0.3 is 14.0 Å². The number of carbonyl (C=O) groups is 1. The maximum Gasteiger partial charge on any atom is 0.274 e. The Morgan fingerprint density at radius 1 is 1.14 bits per heavy atom. The highest BCUT2D eigenvalue weighted by Gasteiger charge is 2.27. The van der Waals surface area contributed by atoms with E-state index in [2.05, 4.69) is 34.6 Å². The lowest BCUT2D eigenvalue weighted by molar-refractivity contribution is 0.0382. The average molecular weight is 385 g/mol. The Kier molecular flexibility index (Phi) is 5.97. The van der Waals surface area contributed by atoms with E-state index in [0.717, 1.165) is 69.7 Å². The van der Waals surface area contributed by atoms with Gasteiger partial charge >= 0.3 is 0 Å². The van der Waals surface area contributed by atoms with Crippen molar-refractivity contribution >= 4 is 11.6 Å². The van der Waals surface area contributed by atoms with Crippen molar-refractivity contribution in [3.63, 3.8) is 0 Å². The number of ether oxygens (including phenoxy) is 1. The van der Waals surface area contributed by atoms with E-state index < -0.39 is 0 Å². The molecule has 6 nitrogen and oxygen atoms in total. The summed E-state index contributed by atoms with van der Waals surface area (Å²) in [6.07, 6.45) is 9.14. The van der Waals surface area contributed by atoms with Crippen molar-refractivity contribution < 1.29 is 9.53 Å². The molecule has 0 radical (unpaired) electrons. The van der Waals surface area contributed by atoms with Crippen LogP contribution in [-0.4, -0.2) is 64.5 Å². The predicted octanol–water partition coefficient (Wildman–Crippen LogP) is 3.27. The Hall–Kier alpha value is -1.92. The average Bonchev–Trinajstić information content (AvgIpc) is 2.88. The van der Waals surface area contributed by atoms with E-state index in [4.69, 9.17) is 9.72 Å². The normalized spacial score (nSPS) is 19.9. The molecule has 0 atom stereocenters. The quantitative estimate of drug-likeness (QED) is 0.812. The van der Waals surface area contributed by atoms with Gasteiger partial charge in [-0.2, -0.15) is 0 Å². The molecule has 152 valence electrons. The summed E-state index contributed by atoms with van der Waals surface area (Å²) in [5, 5.41) is 0. The molecule has 2 aromatic heterocycles. The molecule has 0 unspecified atom stereocenters. The van der Waals surface area contributed by atoms with Crippen LogP contribution >= 0.6 is 0 Å². The van der Waals surface area contributed by atoms with E-state index in [-0.39, 0.29) is 5.91 Å². The van der Waals surface area contributed by atoms with Crippen LogP contribution in [0.5, 0.6) is 0 Å². The fourth-order valence-corrected chi connectivity index (χ4v) is 4.46. The smallest absolute Gasteiger partial charge is 0.274 e. The van der Waals surface area contributed by atoms with Gasteiger partial charge in [-0.05, 0) is 50.3 Å². The lowest BCUT2D eigenvalue weighted by Gasteiger charge is -2.31. The molecule has 1 amide bonds. The van der Waals surface area contributed by atoms with Gasteiger partial charge in [-0.25, -0.2) is 4.98 Å². The molecule has 2 aliphatic heterocycles. The lowest BCUT2D eigenvalue weighted by Crippen LogP contribution is -2.37. The van der Waals surface area contributed by atoms with Crippen molar-refractivity contribution in [1.29, 1.82) is 0 Å². The summed E-state index contributed by atoms with van der Waals surface area (Å²) < 4.78 is 7.62. The van der Waals surface area contributed by atoms with Crippen LogP contribution in [0, 0.1) is 6.92 Å². The van der Waals surface area contributed by atoms with Crippen molar-refractivity contribution in [3.8, 4) is 0 Å². The second-order valence-electron chi connectivity index (χ2n) is 8.26. The first kappa shape index (κ1) is 19.4. The molecule has 2 aromatic rings. The Morgan fingerprint density at radius 3 is 2.54 bits per heavy atom. The molecular formula is C22H32N4O2. The monoisotopic (exact) mass is 384 g/mol. The molecule has 4 rings (SSSR count). The highest BCUT2D eigenvalue weighted by atomic mass is 16.5. The SMILES string of the molecule is COC1CCN(Cc2c(C(=O)N3CCCCCC3)nc3cc(C)ccn23)CC1. The van der Waals surface area contributed by atoms with Gasteiger partial charge in [-0.3, -0.25) is 9.69 Å². The van der Waals surface area contributed by atoms with Gasteiger partial charge in [0.05, 0.1) is 11.8 Å². The summed E-state index contributed by atoms with van der Waals surface area (Å²) in [6, 6.07) is 4.16. The Bertz CT molecular complexity index is 815. The Labute approximate surface area is 167 Å². The number of fused-ring (bicyclic) bond motifs is 1. The Morgan fingerprint density at radius 2 is 1.86 bits per heavy atom. The number of carbonyl (C=O) groups excluding carboxylic acids is 1. The van der Waals surface area contributed by atoms with E-state index in [9.17, 15) is 4.79 Å². The van der Waals surface area contributed by atoms with Crippen LogP contribution < -0.4 is 0 Å². The number of piperidine rings is 1. The molecular weight excluding hydrogens is 352 g/mol. The second-order valence-corrected chi connectivity index (χ2v) is 8.26. The largest absolute Gasteiger partial charge is 0.381 e. The molecule has 0 aliphatic carbocycles. The van der Waals surface area contributed by atoms with Crippen LogP contribution in [0.3, 0.4) is 0 Å². The maximum absolute atomic E-state index is 13.4. The van der Waals surface area contributed by atoms with Gasteiger partial charge in [-0.15, -0.1) is 0 Å². The number of aromatic nitrogens is 2. The molecule has 2 saturated heterocycles. The van der Waals surface area contributed by atoms with Crippen LogP contribution in [0.1, 0.15) is 60.3 Å². The van der Waals surface area contributed by atoms with Gasteiger partial charge in [0, 0.05) is 46.0 Å². The summed E-state index contributed by atoms with van der Waals surface area (Å²) in [6.45, 7) is 6.52. The first-order chi connectivity index (χ1) is 13.7. The van der Waals surface area contributed by atoms with Crippen molar-refractivity contribution in [3.05, 3.63) is 35.3 Å². The molecule has 6 heteroatoms. The number of nitrogens with zero attached hydrogens (tertiary/aromatic N) is 4. The van der Waals surface area contributed by atoms with Crippen LogP contribution in [0.2, 0.25) is 0 Å². The van der Waals surface area contributed by atoms with E-state index in [1.165, 1.54) is 18.4 Å². The Balaban J connectivity index is 1.63. The molecule has 2 fully saturated rings. The number of likely N-dealkylation sites (tertiary alicyclic amines) is 2. The first-order valence-electron chi connectivity index (χ1n) is 10.7. The molecule has 0 spiro atoms. The van der Waals surface area contributed by atoms with Gasteiger partial charge in [-0.1, -0.05) is 12.8 Å². The third-order valence-corrected chi connectivity index (χ3v) is 6.22. The minimum absolute atomic E-state index is 0.102. The minimum atomic E-state index is 0.102. The third-order valence-electron chi connectivity index (χ3n) is 6.22. The van der Waals surface area contributed by atoms with Crippen molar-refractivity contribution in [2.75, 3.05) is 33.3 Å². The van der Waals surface area contributed by atoms with E-state index in [0.29, 0.717) is 11.8 Å². The van der Waals surface area contributed by atoms with Crippen LogP contribution in [-0.2, 0) is 11.3 Å². The standard InChI is InChI=1S/C22H32N4O2/c1-17-7-14-26-19(16-24-12-8-18(28-2)9-13-24)21(23-20(26)15-17)22(27)25-10-5-3-4-6-11-25/h7,14-15,18H,3-6,8-13,16H2,1-2H3. The highest BCUT2D eigenvalue weighted by molar-refractivity contribution is 5.94. The molecule has 0 aromatic carbocycles. The van der Waals surface area contributed by atoms with E-state index in [1.807, 2.05) is 4.90 Å². The summed E-state index contributed by atoms with van der Waals surface area (Å²) in [7, 11) is 1.80. The number of hydrogen-bond donors (Lipinski definition) is 0. The number of rotatable bonds is 4. The van der Waals surface area contributed by atoms with Crippen LogP contribution in [0.15, 0.2) is 18.3 Å². The molecule has 4 heterocycles. The molecule has 28 heavy (non-hydrogen) atoms. The fourth-order valence-electron chi connectivity index (χ4n) is 4.46. The molecule has 0 N–H and O–H groups in total. The van der Waals surface area contributed by atoms with Gasteiger partial charge in [0.15, 0.2) is 5.69 Å². The fraction of sp³-hybridized carbons (Fsp3) is 0.636. The molecule has 0 saturated carbocycles. The van der Waals surface area contributed by atoms with Crippen LogP contribution in [0.25, 0.3) is 5.65 Å². The maximum atomic E-state index is 13.4. The van der Waals surface area contributed by atoms with E-state index in [1.54, 1.807) is 7.11 Å². The zero-order valence-corrected chi connectivity index (χ0v) is 17.2. The zero-order valence-electron chi connectivity index (χ0n) is 17.2. The van der Waals surface area contributed by atoms with Crippen molar-refractivity contribution in [2.45, 2.75) is 58.1 Å². The highest BCUT2D eigenvalue weighted by Crippen LogP contribution is 2.22. The minimum Gasteiger partial charge on any atom is -0.381 e. The summed E-state index contributed by atoms with van der Waals surface area (Å²) >= 11 is 0. The number of amides is 1. The second kappa shape index (κ2) is 8.62. The van der Waals surface area contributed by atoms with Gasteiger partial charge in [0.2, 0.25) is 0 Å². The number of methoxy groups -OCH3 is 1. The summed E-state index contributed by atoms with van der Waals surface area (Å²) in [4.78, 5) is 22.6. The van der Waals surface area contributed by atoms with Crippen molar-refractivity contribution in [1.82, 2.24) is 19.2 Å². The van der Waals surface area contributed by atoms with Gasteiger partial charge in [0.1, 0.15) is 5.65 Å². The van der Waals surface area contributed by atoms with Crippen molar-refractivity contribution in [2.24, 2.45) is 0 Å². The summed E-state index contributed by atoms with van der Waals surface area (Å²) in [5.74, 6) is 0.102. The lowest BCUT2D eigenvalue weighted by atomic mass is 10.1.